The van der Waals surface area contributed by atoms with Gasteiger partial charge in [0.25, 0.3) is 0 Å². The molecule has 1 fully saturated rings. The van der Waals surface area contributed by atoms with Gasteiger partial charge in [0.15, 0.2) is 0 Å². The van der Waals surface area contributed by atoms with Crippen molar-refractivity contribution in [3.8, 4) is 0 Å². The summed E-state index contributed by atoms with van der Waals surface area (Å²) in [7, 11) is 0. The molecule has 1 atom stereocenters. The number of hydrogen-bond acceptors (Lipinski definition) is 1. The molecule has 0 aliphatic carbocycles. The van der Waals surface area contributed by atoms with Crippen LogP contribution in [0.1, 0.15) is 23.6 Å². The Balaban J connectivity index is 0.000000845. The van der Waals surface area contributed by atoms with Crippen LogP contribution >= 0.6 is 12.4 Å². The number of rotatable bonds is 1. The average molecular weight is 202 g/mol. The molecule has 0 amide bonds. The predicted octanol–water partition coefficient (Wildman–Crippen LogP) is 2.59. The largest absolute Gasteiger partial charge is 0.310 e. The molecule has 1 heterocycles. The maximum Gasteiger partial charge on any atom is 0.127 e. The first kappa shape index (κ1) is 10.5. The van der Waals surface area contributed by atoms with E-state index in [9.17, 15) is 4.39 Å². The molecule has 1 aromatic rings. The Kier molecular flexibility index (Phi) is 3.28. The van der Waals surface area contributed by atoms with Crippen LogP contribution in [0.15, 0.2) is 18.2 Å². The van der Waals surface area contributed by atoms with E-state index in [1.807, 2.05) is 13.0 Å². The van der Waals surface area contributed by atoms with Gasteiger partial charge in [-0.1, -0.05) is 17.7 Å². The number of benzene rings is 1. The van der Waals surface area contributed by atoms with E-state index in [0.29, 0.717) is 0 Å². The normalized spacial score (nSPS) is 20.3. The SMILES string of the molecule is Cc1ccc(F)c([C@H]2CCN2)c1.Cl. The molecule has 0 aromatic heterocycles. The molecule has 0 radical (unpaired) electrons. The first-order valence-corrected chi connectivity index (χ1v) is 4.27. The van der Waals surface area contributed by atoms with E-state index in [4.69, 9.17) is 0 Å². The summed E-state index contributed by atoms with van der Waals surface area (Å²) in [4.78, 5) is 0. The molecule has 0 unspecified atom stereocenters. The summed E-state index contributed by atoms with van der Waals surface area (Å²) < 4.78 is 13.2. The summed E-state index contributed by atoms with van der Waals surface area (Å²) in [6.45, 7) is 3.00. The van der Waals surface area contributed by atoms with Gasteiger partial charge in [-0.2, -0.15) is 0 Å². The Morgan fingerprint density at radius 3 is 2.69 bits per heavy atom. The van der Waals surface area contributed by atoms with E-state index in [-0.39, 0.29) is 24.3 Å². The summed E-state index contributed by atoms with van der Waals surface area (Å²) in [5.41, 5.74) is 1.95. The first-order chi connectivity index (χ1) is 5.77. The smallest absolute Gasteiger partial charge is 0.127 e. The van der Waals surface area contributed by atoms with Crippen molar-refractivity contribution in [3.05, 3.63) is 35.1 Å². The van der Waals surface area contributed by atoms with Crippen molar-refractivity contribution in [1.29, 1.82) is 0 Å². The Labute approximate surface area is 83.8 Å². The molecule has 0 bridgehead atoms. The fourth-order valence-electron chi connectivity index (χ4n) is 1.48. The minimum Gasteiger partial charge on any atom is -0.310 e. The molecule has 72 valence electrons. The van der Waals surface area contributed by atoms with Crippen LogP contribution in [0.5, 0.6) is 0 Å². The average Bonchev–Trinajstić information content (AvgIpc) is 1.93. The molecule has 13 heavy (non-hydrogen) atoms. The Hall–Kier alpha value is -0.600. The number of hydrogen-bond donors (Lipinski definition) is 1. The lowest BCUT2D eigenvalue weighted by molar-refractivity contribution is 0.370. The predicted molar refractivity (Wildman–Crippen MR) is 53.7 cm³/mol. The summed E-state index contributed by atoms with van der Waals surface area (Å²) in [5, 5.41) is 3.19. The van der Waals surface area contributed by atoms with Crippen molar-refractivity contribution in [1.82, 2.24) is 5.32 Å². The highest BCUT2D eigenvalue weighted by Gasteiger charge is 2.21. The molecule has 1 aliphatic rings. The lowest BCUT2D eigenvalue weighted by atomic mass is 9.96. The third-order valence-electron chi connectivity index (χ3n) is 2.35. The van der Waals surface area contributed by atoms with Crippen molar-refractivity contribution in [2.45, 2.75) is 19.4 Å². The van der Waals surface area contributed by atoms with Crippen LogP contribution in [0.25, 0.3) is 0 Å². The minimum atomic E-state index is -0.0854. The molecule has 0 saturated carbocycles. The molecule has 1 N–H and O–H groups in total. The van der Waals surface area contributed by atoms with Gasteiger partial charge < -0.3 is 5.32 Å². The molecule has 1 aromatic carbocycles. The van der Waals surface area contributed by atoms with Crippen LogP contribution in [0, 0.1) is 12.7 Å². The highest BCUT2D eigenvalue weighted by molar-refractivity contribution is 5.85. The molecular weight excluding hydrogens is 189 g/mol. The van der Waals surface area contributed by atoms with Crippen molar-refractivity contribution < 1.29 is 4.39 Å². The maximum atomic E-state index is 13.2. The van der Waals surface area contributed by atoms with Crippen LogP contribution in [-0.2, 0) is 0 Å². The zero-order chi connectivity index (χ0) is 8.55. The van der Waals surface area contributed by atoms with Gasteiger partial charge in [-0.15, -0.1) is 12.4 Å². The zero-order valence-electron chi connectivity index (χ0n) is 7.51. The van der Waals surface area contributed by atoms with E-state index in [1.165, 1.54) is 0 Å². The van der Waals surface area contributed by atoms with Crippen molar-refractivity contribution in [2.24, 2.45) is 0 Å². The van der Waals surface area contributed by atoms with E-state index in [0.717, 1.165) is 24.1 Å². The summed E-state index contributed by atoms with van der Waals surface area (Å²) >= 11 is 0. The first-order valence-electron chi connectivity index (χ1n) is 4.27. The lowest BCUT2D eigenvalue weighted by Crippen LogP contribution is -2.35. The van der Waals surface area contributed by atoms with E-state index in [2.05, 4.69) is 5.32 Å². The Morgan fingerprint density at radius 2 is 2.15 bits per heavy atom. The number of halogens is 2. The van der Waals surface area contributed by atoms with Gasteiger partial charge in [-0.25, -0.2) is 4.39 Å². The highest BCUT2D eigenvalue weighted by Crippen LogP contribution is 2.25. The van der Waals surface area contributed by atoms with Gasteiger partial charge in [0.2, 0.25) is 0 Å². The maximum absolute atomic E-state index is 13.2. The minimum absolute atomic E-state index is 0. The van der Waals surface area contributed by atoms with E-state index < -0.39 is 0 Å². The quantitative estimate of drug-likeness (QED) is 0.737. The molecule has 1 nitrogen and oxygen atoms in total. The van der Waals surface area contributed by atoms with Crippen molar-refractivity contribution >= 4 is 12.4 Å². The Bertz CT molecular complexity index is 297. The van der Waals surface area contributed by atoms with Crippen LogP contribution in [0.2, 0.25) is 0 Å². The molecule has 0 spiro atoms. The van der Waals surface area contributed by atoms with Gasteiger partial charge in [0.05, 0.1) is 0 Å². The second kappa shape index (κ2) is 4.07. The zero-order valence-corrected chi connectivity index (χ0v) is 8.33. The van der Waals surface area contributed by atoms with Gasteiger partial charge in [-0.3, -0.25) is 0 Å². The topological polar surface area (TPSA) is 12.0 Å². The van der Waals surface area contributed by atoms with Crippen LogP contribution in [0.3, 0.4) is 0 Å². The number of aryl methyl sites for hydroxylation is 1. The van der Waals surface area contributed by atoms with Crippen molar-refractivity contribution in [2.75, 3.05) is 6.54 Å². The third-order valence-corrected chi connectivity index (χ3v) is 2.35. The monoisotopic (exact) mass is 201 g/mol. The van der Waals surface area contributed by atoms with Gasteiger partial charge in [-0.05, 0) is 26.0 Å². The van der Waals surface area contributed by atoms with Crippen LogP contribution < -0.4 is 5.32 Å². The van der Waals surface area contributed by atoms with Crippen LogP contribution in [-0.4, -0.2) is 6.54 Å². The van der Waals surface area contributed by atoms with Gasteiger partial charge >= 0.3 is 0 Å². The summed E-state index contributed by atoms with van der Waals surface area (Å²) in [6, 6.07) is 5.53. The third kappa shape index (κ3) is 2.01. The summed E-state index contributed by atoms with van der Waals surface area (Å²) in [6.07, 6.45) is 1.06. The van der Waals surface area contributed by atoms with E-state index >= 15 is 0 Å². The summed E-state index contributed by atoms with van der Waals surface area (Å²) in [5.74, 6) is -0.0854. The molecular formula is C10H13ClFN. The van der Waals surface area contributed by atoms with Crippen molar-refractivity contribution in [3.63, 3.8) is 0 Å². The molecule has 2 rings (SSSR count). The van der Waals surface area contributed by atoms with Crippen LogP contribution in [0.4, 0.5) is 4.39 Å². The molecule has 1 aliphatic heterocycles. The molecule has 1 saturated heterocycles. The second-order valence-electron chi connectivity index (χ2n) is 3.32. The fourth-order valence-corrected chi connectivity index (χ4v) is 1.48. The highest BCUT2D eigenvalue weighted by atomic mass is 35.5. The standard InChI is InChI=1S/C10H12FN.ClH/c1-7-2-3-9(11)8(6-7)10-4-5-12-10;/h2-3,6,10,12H,4-5H2,1H3;1H/t10-;/m1./s1. The number of nitrogens with one attached hydrogen (secondary N) is 1. The van der Waals surface area contributed by atoms with Gasteiger partial charge in [0, 0.05) is 11.6 Å². The second-order valence-corrected chi connectivity index (χ2v) is 3.32. The Morgan fingerprint density at radius 1 is 1.46 bits per heavy atom. The fraction of sp³-hybridized carbons (Fsp3) is 0.400. The van der Waals surface area contributed by atoms with E-state index in [1.54, 1.807) is 12.1 Å². The van der Waals surface area contributed by atoms with Gasteiger partial charge in [0.1, 0.15) is 5.82 Å². The lowest BCUT2D eigenvalue weighted by Gasteiger charge is -2.28. The molecule has 3 heteroatoms.